The second-order valence-electron chi connectivity index (χ2n) is 5.06. The van der Waals surface area contributed by atoms with Crippen LogP contribution in [0.2, 0.25) is 0 Å². The van der Waals surface area contributed by atoms with Gasteiger partial charge in [0.15, 0.2) is 0 Å². The largest absolute Gasteiger partial charge is 0.375 e. The Morgan fingerprint density at radius 1 is 1.39 bits per heavy atom. The summed E-state index contributed by atoms with van der Waals surface area (Å²) in [5.74, 6) is 0. The van der Waals surface area contributed by atoms with Crippen LogP contribution >= 0.6 is 0 Å². The molecule has 5 nitrogen and oxygen atoms in total. The van der Waals surface area contributed by atoms with Crippen molar-refractivity contribution in [2.24, 2.45) is 0 Å². The molecule has 0 atom stereocenters. The van der Waals surface area contributed by atoms with E-state index in [1.807, 2.05) is 26.8 Å². The van der Waals surface area contributed by atoms with E-state index in [2.05, 4.69) is 5.32 Å². The zero-order chi connectivity index (χ0) is 13.6. The lowest BCUT2D eigenvalue weighted by Crippen LogP contribution is -2.26. The fourth-order valence-corrected chi connectivity index (χ4v) is 1.44. The molecule has 0 saturated carbocycles. The van der Waals surface area contributed by atoms with E-state index in [1.54, 1.807) is 12.1 Å². The summed E-state index contributed by atoms with van der Waals surface area (Å²) >= 11 is 0. The highest BCUT2D eigenvalue weighted by atomic mass is 16.6. The molecule has 0 bridgehead atoms. The zero-order valence-corrected chi connectivity index (χ0v) is 11.1. The Kier molecular flexibility index (Phi) is 5.25. The molecule has 18 heavy (non-hydrogen) atoms. The number of nitro groups is 1. The van der Waals surface area contributed by atoms with Gasteiger partial charge in [-0.15, -0.1) is 0 Å². The Bertz CT molecular complexity index is 399. The van der Waals surface area contributed by atoms with Gasteiger partial charge in [-0.25, -0.2) is 0 Å². The maximum absolute atomic E-state index is 10.6. The van der Waals surface area contributed by atoms with Gasteiger partial charge in [-0.3, -0.25) is 10.1 Å². The van der Waals surface area contributed by atoms with E-state index < -0.39 is 0 Å². The van der Waals surface area contributed by atoms with E-state index >= 15 is 0 Å². The maximum atomic E-state index is 10.6. The van der Waals surface area contributed by atoms with Gasteiger partial charge in [0.2, 0.25) is 0 Å². The fourth-order valence-electron chi connectivity index (χ4n) is 1.44. The summed E-state index contributed by atoms with van der Waals surface area (Å²) in [4.78, 5) is 10.2. The third-order valence-corrected chi connectivity index (χ3v) is 2.26. The molecule has 5 heteroatoms. The number of benzene rings is 1. The Morgan fingerprint density at radius 3 is 2.72 bits per heavy atom. The quantitative estimate of drug-likeness (QED) is 0.480. The number of nitro benzene ring substituents is 1. The van der Waals surface area contributed by atoms with E-state index in [4.69, 9.17) is 4.74 Å². The monoisotopic (exact) mass is 252 g/mol. The Balaban J connectivity index is 2.31. The first-order chi connectivity index (χ1) is 8.38. The molecule has 1 aromatic carbocycles. The van der Waals surface area contributed by atoms with E-state index in [1.165, 1.54) is 6.07 Å². The second kappa shape index (κ2) is 6.47. The Hall–Kier alpha value is -1.46. The molecule has 0 amide bonds. The third-order valence-electron chi connectivity index (χ3n) is 2.26. The van der Waals surface area contributed by atoms with E-state index in [0.29, 0.717) is 13.2 Å². The summed E-state index contributed by atoms with van der Waals surface area (Å²) in [6.07, 6.45) is 0. The van der Waals surface area contributed by atoms with Crippen LogP contribution in [0, 0.1) is 10.1 Å². The average molecular weight is 252 g/mol. The van der Waals surface area contributed by atoms with Crippen LogP contribution in [0.5, 0.6) is 0 Å². The van der Waals surface area contributed by atoms with Crippen LogP contribution in [0.15, 0.2) is 24.3 Å². The molecule has 0 saturated heterocycles. The lowest BCUT2D eigenvalue weighted by Gasteiger charge is -2.19. The van der Waals surface area contributed by atoms with E-state index in [9.17, 15) is 10.1 Å². The standard InChI is InChI=1S/C13H20N2O3/c1-13(2,3)18-8-7-14-10-11-5-4-6-12(9-11)15(16)17/h4-6,9,14H,7-8,10H2,1-3H3. The number of hydrogen-bond acceptors (Lipinski definition) is 4. The molecule has 0 aromatic heterocycles. The van der Waals surface area contributed by atoms with Gasteiger partial charge in [0, 0.05) is 25.2 Å². The smallest absolute Gasteiger partial charge is 0.269 e. The SMILES string of the molecule is CC(C)(C)OCCNCc1cccc([N+](=O)[O-])c1. The first-order valence-electron chi connectivity index (χ1n) is 5.96. The number of hydrogen-bond donors (Lipinski definition) is 1. The minimum Gasteiger partial charge on any atom is -0.375 e. The number of nitrogens with one attached hydrogen (secondary N) is 1. The molecular weight excluding hydrogens is 232 g/mol. The number of nitrogens with zero attached hydrogens (tertiary/aromatic N) is 1. The lowest BCUT2D eigenvalue weighted by atomic mass is 10.2. The molecule has 0 spiro atoms. The minimum atomic E-state index is -0.383. The molecule has 0 fully saturated rings. The molecule has 0 radical (unpaired) electrons. The van der Waals surface area contributed by atoms with Gasteiger partial charge in [-0.05, 0) is 26.3 Å². The summed E-state index contributed by atoms with van der Waals surface area (Å²) in [6.45, 7) is 7.97. The van der Waals surface area contributed by atoms with Crippen LogP contribution in [0.4, 0.5) is 5.69 Å². The lowest BCUT2D eigenvalue weighted by molar-refractivity contribution is -0.384. The van der Waals surface area contributed by atoms with Gasteiger partial charge >= 0.3 is 0 Å². The number of ether oxygens (including phenoxy) is 1. The third kappa shape index (κ3) is 5.75. The number of rotatable bonds is 6. The van der Waals surface area contributed by atoms with Crippen molar-refractivity contribution in [1.29, 1.82) is 0 Å². The molecule has 0 heterocycles. The van der Waals surface area contributed by atoms with Crippen molar-refractivity contribution < 1.29 is 9.66 Å². The minimum absolute atomic E-state index is 0.125. The topological polar surface area (TPSA) is 64.4 Å². The Labute approximate surface area is 107 Å². The van der Waals surface area contributed by atoms with Crippen molar-refractivity contribution >= 4 is 5.69 Å². The summed E-state index contributed by atoms with van der Waals surface area (Å²) in [7, 11) is 0. The second-order valence-corrected chi connectivity index (χ2v) is 5.06. The summed E-state index contributed by atoms with van der Waals surface area (Å²) in [6, 6.07) is 6.63. The van der Waals surface area contributed by atoms with Crippen LogP contribution in [0.25, 0.3) is 0 Å². The fraction of sp³-hybridized carbons (Fsp3) is 0.538. The van der Waals surface area contributed by atoms with Crippen molar-refractivity contribution in [1.82, 2.24) is 5.32 Å². The number of non-ortho nitro benzene ring substituents is 1. The van der Waals surface area contributed by atoms with Gasteiger partial charge in [0.1, 0.15) is 0 Å². The molecule has 0 aliphatic heterocycles. The van der Waals surface area contributed by atoms with Crippen LogP contribution < -0.4 is 5.32 Å². The molecule has 0 aliphatic rings. The summed E-state index contributed by atoms with van der Waals surface area (Å²) in [5.41, 5.74) is 0.896. The molecule has 1 rings (SSSR count). The zero-order valence-electron chi connectivity index (χ0n) is 11.1. The van der Waals surface area contributed by atoms with E-state index in [0.717, 1.165) is 12.1 Å². The highest BCUT2D eigenvalue weighted by Crippen LogP contribution is 2.12. The highest BCUT2D eigenvalue weighted by molar-refractivity contribution is 5.34. The molecule has 100 valence electrons. The van der Waals surface area contributed by atoms with Crippen molar-refractivity contribution in [2.45, 2.75) is 32.9 Å². The predicted molar refractivity (Wildman–Crippen MR) is 70.5 cm³/mol. The van der Waals surface area contributed by atoms with Crippen LogP contribution in [-0.4, -0.2) is 23.7 Å². The van der Waals surface area contributed by atoms with Gasteiger partial charge in [0.25, 0.3) is 5.69 Å². The van der Waals surface area contributed by atoms with Crippen LogP contribution in [0.3, 0.4) is 0 Å². The molecule has 1 N–H and O–H groups in total. The van der Waals surface area contributed by atoms with Gasteiger partial charge in [0.05, 0.1) is 17.1 Å². The predicted octanol–water partition coefficient (Wildman–Crippen LogP) is 2.50. The molecule has 0 unspecified atom stereocenters. The normalized spacial score (nSPS) is 11.5. The first-order valence-corrected chi connectivity index (χ1v) is 5.96. The van der Waals surface area contributed by atoms with E-state index in [-0.39, 0.29) is 16.2 Å². The summed E-state index contributed by atoms with van der Waals surface area (Å²) in [5, 5.41) is 13.8. The van der Waals surface area contributed by atoms with Gasteiger partial charge < -0.3 is 10.1 Å². The Morgan fingerprint density at radius 2 is 2.11 bits per heavy atom. The first kappa shape index (κ1) is 14.6. The van der Waals surface area contributed by atoms with Crippen molar-refractivity contribution in [2.75, 3.05) is 13.2 Å². The maximum Gasteiger partial charge on any atom is 0.269 e. The van der Waals surface area contributed by atoms with Crippen molar-refractivity contribution in [3.63, 3.8) is 0 Å². The van der Waals surface area contributed by atoms with Crippen LogP contribution in [-0.2, 0) is 11.3 Å². The van der Waals surface area contributed by atoms with Crippen molar-refractivity contribution in [3.05, 3.63) is 39.9 Å². The summed E-state index contributed by atoms with van der Waals surface area (Å²) < 4.78 is 5.56. The van der Waals surface area contributed by atoms with Crippen molar-refractivity contribution in [3.8, 4) is 0 Å². The van der Waals surface area contributed by atoms with Gasteiger partial charge in [-0.2, -0.15) is 0 Å². The van der Waals surface area contributed by atoms with Gasteiger partial charge in [-0.1, -0.05) is 12.1 Å². The average Bonchev–Trinajstić information content (AvgIpc) is 2.27. The molecular formula is C13H20N2O3. The molecule has 1 aromatic rings. The molecule has 0 aliphatic carbocycles. The van der Waals surface area contributed by atoms with Crippen LogP contribution in [0.1, 0.15) is 26.3 Å². The highest BCUT2D eigenvalue weighted by Gasteiger charge is 2.09.